The molecule has 1 N–H and O–H groups in total. The first-order chi connectivity index (χ1) is 10.5. The number of halogens is 1. The highest BCUT2D eigenvalue weighted by molar-refractivity contribution is 6.30. The van der Waals surface area contributed by atoms with Crippen molar-refractivity contribution in [3.63, 3.8) is 0 Å². The summed E-state index contributed by atoms with van der Waals surface area (Å²) in [6.45, 7) is 7.02. The van der Waals surface area contributed by atoms with Crippen molar-refractivity contribution in [1.82, 2.24) is 5.32 Å². The lowest BCUT2D eigenvalue weighted by Gasteiger charge is -2.29. The van der Waals surface area contributed by atoms with Gasteiger partial charge in [0.15, 0.2) is 0 Å². The lowest BCUT2D eigenvalue weighted by molar-refractivity contribution is -0.123. The smallest absolute Gasteiger partial charge is 0.144 e. The van der Waals surface area contributed by atoms with Crippen molar-refractivity contribution in [1.29, 1.82) is 0 Å². The van der Waals surface area contributed by atoms with Crippen LogP contribution in [0.5, 0.6) is 0 Å². The Morgan fingerprint density at radius 2 is 1.77 bits per heavy atom. The van der Waals surface area contributed by atoms with Crippen LogP contribution in [0.3, 0.4) is 0 Å². The van der Waals surface area contributed by atoms with Crippen LogP contribution in [0.25, 0.3) is 0 Å². The van der Waals surface area contributed by atoms with Gasteiger partial charge in [-0.2, -0.15) is 0 Å². The van der Waals surface area contributed by atoms with Crippen molar-refractivity contribution in [2.75, 3.05) is 6.54 Å². The second-order valence-electron chi connectivity index (χ2n) is 7.03. The molecule has 0 radical (unpaired) electrons. The van der Waals surface area contributed by atoms with Crippen molar-refractivity contribution in [2.45, 2.75) is 58.4 Å². The molecule has 0 spiro atoms. The van der Waals surface area contributed by atoms with Gasteiger partial charge in [-0.05, 0) is 49.3 Å². The minimum Gasteiger partial charge on any atom is -0.313 e. The molecule has 1 atom stereocenters. The lowest BCUT2D eigenvalue weighted by Crippen LogP contribution is -2.38. The van der Waals surface area contributed by atoms with Crippen molar-refractivity contribution in [3.05, 3.63) is 34.9 Å². The van der Waals surface area contributed by atoms with Crippen LogP contribution in [0, 0.1) is 11.8 Å². The predicted molar refractivity (Wildman–Crippen MR) is 93.5 cm³/mol. The number of hydrogen-bond acceptors (Lipinski definition) is 2. The Bertz CT molecular complexity index is 475. The zero-order chi connectivity index (χ0) is 16.1. The van der Waals surface area contributed by atoms with E-state index in [0.29, 0.717) is 16.8 Å². The molecule has 1 fully saturated rings. The molecule has 0 bridgehead atoms. The van der Waals surface area contributed by atoms with E-state index in [2.05, 4.69) is 12.2 Å². The van der Waals surface area contributed by atoms with E-state index in [-0.39, 0.29) is 11.8 Å². The first-order valence-electron chi connectivity index (χ1n) is 8.50. The molecular formula is C19H28ClNO. The number of benzene rings is 1. The molecule has 1 aromatic carbocycles. The number of carbonyl (C=O) groups excluding carboxylic acids is 1. The Morgan fingerprint density at radius 3 is 2.32 bits per heavy atom. The van der Waals surface area contributed by atoms with Crippen LogP contribution in [0.15, 0.2) is 24.3 Å². The monoisotopic (exact) mass is 321 g/mol. The summed E-state index contributed by atoms with van der Waals surface area (Å²) >= 11 is 5.97. The Kier molecular flexibility index (Phi) is 6.46. The summed E-state index contributed by atoms with van der Waals surface area (Å²) < 4.78 is 0. The van der Waals surface area contributed by atoms with Gasteiger partial charge in [-0.1, -0.05) is 44.5 Å². The molecule has 22 heavy (non-hydrogen) atoms. The minimum absolute atomic E-state index is 0.0499. The molecule has 2 nitrogen and oxygen atoms in total. The van der Waals surface area contributed by atoms with E-state index < -0.39 is 0 Å². The van der Waals surface area contributed by atoms with E-state index in [0.717, 1.165) is 18.0 Å². The van der Waals surface area contributed by atoms with Crippen LogP contribution < -0.4 is 5.32 Å². The lowest BCUT2D eigenvalue weighted by atomic mass is 9.85. The third-order valence-corrected chi connectivity index (χ3v) is 5.06. The molecule has 3 heteroatoms. The molecule has 0 aromatic heterocycles. The minimum atomic E-state index is -0.0726. The number of nitrogens with one attached hydrogen (secondary N) is 1. The molecule has 0 heterocycles. The van der Waals surface area contributed by atoms with Crippen molar-refractivity contribution in [3.8, 4) is 0 Å². The van der Waals surface area contributed by atoms with Crippen LogP contribution in [0.4, 0.5) is 0 Å². The molecule has 1 saturated carbocycles. The quantitative estimate of drug-likeness (QED) is 0.814. The van der Waals surface area contributed by atoms with E-state index in [1.165, 1.54) is 25.7 Å². The summed E-state index contributed by atoms with van der Waals surface area (Å²) in [5.74, 6) is 1.13. The molecule has 2 rings (SSSR count). The average molecular weight is 322 g/mol. The number of ketones is 1. The van der Waals surface area contributed by atoms with Gasteiger partial charge in [-0.15, -0.1) is 0 Å². The van der Waals surface area contributed by atoms with E-state index in [1.807, 2.05) is 38.1 Å². The first-order valence-corrected chi connectivity index (χ1v) is 8.87. The topological polar surface area (TPSA) is 29.1 Å². The summed E-state index contributed by atoms with van der Waals surface area (Å²) in [4.78, 5) is 12.6. The zero-order valence-electron chi connectivity index (χ0n) is 13.9. The van der Waals surface area contributed by atoms with Gasteiger partial charge >= 0.3 is 0 Å². The maximum atomic E-state index is 12.6. The Labute approximate surface area is 139 Å². The summed E-state index contributed by atoms with van der Waals surface area (Å²) in [7, 11) is 0. The second-order valence-corrected chi connectivity index (χ2v) is 7.46. The van der Waals surface area contributed by atoms with E-state index in [9.17, 15) is 4.79 Å². The van der Waals surface area contributed by atoms with Crippen LogP contribution in [-0.2, 0) is 4.79 Å². The van der Waals surface area contributed by atoms with Gasteiger partial charge in [0.05, 0.1) is 5.92 Å². The van der Waals surface area contributed by atoms with Crippen molar-refractivity contribution >= 4 is 17.4 Å². The summed E-state index contributed by atoms with van der Waals surface area (Å²) in [6.07, 6.45) is 5.04. The molecule has 1 unspecified atom stereocenters. The van der Waals surface area contributed by atoms with E-state index >= 15 is 0 Å². The maximum absolute atomic E-state index is 12.6. The van der Waals surface area contributed by atoms with Gasteiger partial charge in [0.25, 0.3) is 0 Å². The number of hydrogen-bond donors (Lipinski definition) is 1. The fourth-order valence-electron chi connectivity index (χ4n) is 3.23. The number of Topliss-reactive ketones (excluding diaryl/α,β-unsaturated/α-hetero) is 1. The molecular weight excluding hydrogens is 294 g/mol. The van der Waals surface area contributed by atoms with E-state index in [4.69, 9.17) is 11.6 Å². The van der Waals surface area contributed by atoms with Crippen LogP contribution in [0.1, 0.15) is 57.9 Å². The summed E-state index contributed by atoms with van der Waals surface area (Å²) in [6, 6.07) is 8.28. The third-order valence-electron chi connectivity index (χ3n) is 4.81. The fourth-order valence-corrected chi connectivity index (χ4v) is 3.35. The molecule has 1 aliphatic carbocycles. The predicted octanol–water partition coefficient (Wildman–Crippen LogP) is 4.82. The molecule has 122 valence electrons. The molecule has 0 aliphatic heterocycles. The Balaban J connectivity index is 2.02. The van der Waals surface area contributed by atoms with Gasteiger partial charge in [0, 0.05) is 23.5 Å². The molecule has 0 amide bonds. The maximum Gasteiger partial charge on any atom is 0.144 e. The number of carbonyl (C=O) groups is 1. The van der Waals surface area contributed by atoms with Gasteiger partial charge in [-0.3, -0.25) is 4.79 Å². The van der Waals surface area contributed by atoms with Gasteiger partial charge < -0.3 is 5.32 Å². The molecule has 0 saturated heterocycles. The summed E-state index contributed by atoms with van der Waals surface area (Å²) in [5.41, 5.74) is 1.07. The van der Waals surface area contributed by atoms with Gasteiger partial charge in [-0.25, -0.2) is 0 Å². The third kappa shape index (κ3) is 4.82. The second kappa shape index (κ2) is 8.12. The van der Waals surface area contributed by atoms with Crippen molar-refractivity contribution in [2.24, 2.45) is 11.8 Å². The first kappa shape index (κ1) is 17.5. The van der Waals surface area contributed by atoms with Crippen LogP contribution in [-0.4, -0.2) is 18.4 Å². The highest BCUT2D eigenvalue weighted by Gasteiger charge is 2.25. The number of rotatable bonds is 6. The van der Waals surface area contributed by atoms with Gasteiger partial charge in [0.2, 0.25) is 0 Å². The largest absolute Gasteiger partial charge is 0.313 e. The van der Waals surface area contributed by atoms with Crippen LogP contribution in [0.2, 0.25) is 5.02 Å². The SMILES string of the molecule is CC1CCC(NCC(C(=O)C(C)C)c2ccc(Cl)cc2)CC1. The highest BCUT2D eigenvalue weighted by Crippen LogP contribution is 2.26. The average Bonchev–Trinajstić information content (AvgIpc) is 2.50. The Hall–Kier alpha value is -0.860. The fraction of sp³-hybridized carbons (Fsp3) is 0.632. The van der Waals surface area contributed by atoms with E-state index in [1.54, 1.807) is 0 Å². The Morgan fingerprint density at radius 1 is 1.18 bits per heavy atom. The zero-order valence-corrected chi connectivity index (χ0v) is 14.7. The normalized spacial score (nSPS) is 23.5. The highest BCUT2D eigenvalue weighted by atomic mass is 35.5. The van der Waals surface area contributed by atoms with Crippen LogP contribution >= 0.6 is 11.6 Å². The van der Waals surface area contributed by atoms with Crippen molar-refractivity contribution < 1.29 is 4.79 Å². The molecule has 1 aliphatic rings. The summed E-state index contributed by atoms with van der Waals surface area (Å²) in [5, 5.41) is 4.35. The van der Waals surface area contributed by atoms with Gasteiger partial charge in [0.1, 0.15) is 5.78 Å². The molecule has 1 aromatic rings. The standard InChI is InChI=1S/C19H28ClNO/c1-13(2)19(22)18(15-6-8-16(20)9-7-15)12-21-17-10-4-14(3)5-11-17/h6-9,13-14,17-18,21H,4-5,10-12H2,1-3H3.